The van der Waals surface area contributed by atoms with Gasteiger partial charge >= 0.3 is 6.09 Å². The molecule has 0 spiro atoms. The molecular weight excluding hydrogens is 452 g/mol. The molecule has 0 bridgehead atoms. The number of ether oxygens (including phenoxy) is 1. The fraction of sp³-hybridized carbons (Fsp3) is 0.767. The molecule has 0 aromatic heterocycles. The molecule has 1 aliphatic heterocycles. The van der Waals surface area contributed by atoms with E-state index in [2.05, 4.69) is 29.4 Å². The van der Waals surface area contributed by atoms with Crippen LogP contribution < -0.4 is 5.32 Å². The summed E-state index contributed by atoms with van der Waals surface area (Å²) < 4.78 is 5.39. The molecule has 2 N–H and O–H groups in total. The summed E-state index contributed by atoms with van der Waals surface area (Å²) in [5.74, 6) is 0. The van der Waals surface area contributed by atoms with Gasteiger partial charge in [0.25, 0.3) is 0 Å². The van der Waals surface area contributed by atoms with Crippen molar-refractivity contribution in [2.45, 2.75) is 141 Å². The smallest absolute Gasteiger partial charge is 0.408 e. The predicted octanol–water partition coefficient (Wildman–Crippen LogP) is 7.15. The number of hydroxylamine groups is 2. The minimum atomic E-state index is -0.586. The molecule has 1 aliphatic rings. The maximum Gasteiger partial charge on any atom is 0.408 e. The summed E-state index contributed by atoms with van der Waals surface area (Å²) in [5.41, 5.74) is 0.611. The van der Waals surface area contributed by atoms with Gasteiger partial charge in [0.05, 0.1) is 12.6 Å². The standard InChI is InChI=1S/C30H52N2O4/c1-5-6-7-8-9-10-11-12-13-14-18-21-26-22-28(27(24-33)31-29(34)35-30(2,3)4)36-32(26)23-25-19-16-15-17-20-25/h15-17,19-20,26-28,33H,5-14,18,21-24H2,1-4H3,(H,31,34)/t26-,27+,28-/m1/s1. The predicted molar refractivity (Wildman–Crippen MR) is 147 cm³/mol. The first-order valence-electron chi connectivity index (χ1n) is 14.4. The lowest BCUT2D eigenvalue weighted by Crippen LogP contribution is -2.47. The van der Waals surface area contributed by atoms with Gasteiger partial charge in [0, 0.05) is 12.6 Å². The second kappa shape index (κ2) is 17.0. The number of aliphatic hydroxyl groups is 1. The summed E-state index contributed by atoms with van der Waals surface area (Å²) in [6.45, 7) is 8.27. The Kier molecular flexibility index (Phi) is 14.4. The van der Waals surface area contributed by atoms with Crippen molar-refractivity contribution in [3.63, 3.8) is 0 Å². The number of carbonyl (C=O) groups is 1. The summed E-state index contributed by atoms with van der Waals surface area (Å²) >= 11 is 0. The van der Waals surface area contributed by atoms with E-state index in [-0.39, 0.29) is 18.8 Å². The number of carbonyl (C=O) groups excluding carboxylic acids is 1. The molecule has 0 unspecified atom stereocenters. The summed E-state index contributed by atoms with van der Waals surface area (Å²) in [5, 5.41) is 14.9. The molecule has 1 amide bonds. The minimum absolute atomic E-state index is 0.186. The van der Waals surface area contributed by atoms with E-state index in [4.69, 9.17) is 9.57 Å². The molecule has 6 heteroatoms. The summed E-state index contributed by atoms with van der Waals surface area (Å²) in [6.07, 6.45) is 15.7. The number of benzene rings is 1. The van der Waals surface area contributed by atoms with Gasteiger partial charge in [-0.1, -0.05) is 108 Å². The molecule has 1 fully saturated rings. The molecule has 1 aromatic rings. The highest BCUT2D eigenvalue weighted by Crippen LogP contribution is 2.29. The van der Waals surface area contributed by atoms with Gasteiger partial charge in [0.1, 0.15) is 11.7 Å². The number of hydrogen-bond acceptors (Lipinski definition) is 5. The van der Waals surface area contributed by atoms with E-state index in [0.717, 1.165) is 12.8 Å². The van der Waals surface area contributed by atoms with E-state index < -0.39 is 17.7 Å². The molecule has 1 heterocycles. The van der Waals surface area contributed by atoms with E-state index in [0.29, 0.717) is 6.54 Å². The molecule has 36 heavy (non-hydrogen) atoms. The Hall–Kier alpha value is -1.63. The van der Waals surface area contributed by atoms with Crippen molar-refractivity contribution < 1.29 is 19.5 Å². The average Bonchev–Trinajstić information content (AvgIpc) is 3.22. The monoisotopic (exact) mass is 504 g/mol. The van der Waals surface area contributed by atoms with Crippen LogP contribution in [0.1, 0.15) is 117 Å². The van der Waals surface area contributed by atoms with Gasteiger partial charge in [-0.15, -0.1) is 0 Å². The molecule has 1 aromatic carbocycles. The zero-order valence-corrected chi connectivity index (χ0v) is 23.3. The van der Waals surface area contributed by atoms with Crippen molar-refractivity contribution in [2.75, 3.05) is 6.61 Å². The van der Waals surface area contributed by atoms with Crippen molar-refractivity contribution in [2.24, 2.45) is 0 Å². The molecule has 0 aliphatic carbocycles. The Morgan fingerprint density at radius 3 is 2.17 bits per heavy atom. The third-order valence-corrected chi connectivity index (χ3v) is 6.85. The molecule has 6 nitrogen and oxygen atoms in total. The summed E-state index contributed by atoms with van der Waals surface area (Å²) in [4.78, 5) is 18.6. The number of nitrogens with one attached hydrogen (secondary N) is 1. The SMILES string of the molecule is CCCCCCCCCCCCC[C@@H]1C[C@H]([C@H](CO)NC(=O)OC(C)(C)C)ON1Cc1ccccc1. The van der Waals surface area contributed by atoms with Crippen LogP contribution in [-0.2, 0) is 16.1 Å². The normalized spacial score (nSPS) is 19.4. The summed E-state index contributed by atoms with van der Waals surface area (Å²) in [6, 6.07) is 10.1. The lowest BCUT2D eigenvalue weighted by atomic mass is 9.98. The van der Waals surface area contributed by atoms with Gasteiger partial charge < -0.3 is 15.2 Å². The fourth-order valence-electron chi connectivity index (χ4n) is 4.88. The molecule has 3 atom stereocenters. The zero-order valence-electron chi connectivity index (χ0n) is 23.3. The maximum atomic E-state index is 12.3. The van der Waals surface area contributed by atoms with E-state index in [1.54, 1.807) is 0 Å². The van der Waals surface area contributed by atoms with Gasteiger partial charge in [-0.2, -0.15) is 5.06 Å². The van der Waals surface area contributed by atoms with Gasteiger partial charge in [-0.3, -0.25) is 4.84 Å². The van der Waals surface area contributed by atoms with Crippen LogP contribution in [0, 0.1) is 0 Å². The lowest BCUT2D eigenvalue weighted by Gasteiger charge is -2.26. The van der Waals surface area contributed by atoms with Crippen LogP contribution >= 0.6 is 0 Å². The molecule has 1 saturated heterocycles. The number of unbranched alkanes of at least 4 members (excludes halogenated alkanes) is 10. The number of alkyl carbamates (subject to hydrolysis) is 1. The van der Waals surface area contributed by atoms with Crippen LogP contribution in [0.5, 0.6) is 0 Å². The number of hydrogen-bond donors (Lipinski definition) is 2. The van der Waals surface area contributed by atoms with Gasteiger partial charge in [-0.05, 0) is 39.2 Å². The Bertz CT molecular complexity index is 707. The third kappa shape index (κ3) is 12.6. The lowest BCUT2D eigenvalue weighted by molar-refractivity contribution is -0.178. The van der Waals surface area contributed by atoms with Crippen LogP contribution in [0.15, 0.2) is 30.3 Å². The largest absolute Gasteiger partial charge is 0.444 e. The van der Waals surface area contributed by atoms with Crippen molar-refractivity contribution in [1.29, 1.82) is 0 Å². The van der Waals surface area contributed by atoms with Crippen LogP contribution in [0.3, 0.4) is 0 Å². The van der Waals surface area contributed by atoms with E-state index in [1.807, 2.05) is 39.0 Å². The number of nitrogens with zero attached hydrogens (tertiary/aromatic N) is 1. The fourth-order valence-corrected chi connectivity index (χ4v) is 4.88. The van der Waals surface area contributed by atoms with E-state index >= 15 is 0 Å². The van der Waals surface area contributed by atoms with Crippen LogP contribution in [0.4, 0.5) is 4.79 Å². The van der Waals surface area contributed by atoms with Crippen molar-refractivity contribution >= 4 is 6.09 Å². The first kappa shape index (κ1) is 30.6. The van der Waals surface area contributed by atoms with Gasteiger partial charge in [-0.25, -0.2) is 4.79 Å². The quantitative estimate of drug-likeness (QED) is 0.220. The minimum Gasteiger partial charge on any atom is -0.444 e. The highest BCUT2D eigenvalue weighted by atomic mass is 16.7. The van der Waals surface area contributed by atoms with Crippen LogP contribution in [-0.4, -0.2) is 46.7 Å². The molecule has 0 radical (unpaired) electrons. The number of aliphatic hydroxyl groups excluding tert-OH is 1. The Morgan fingerprint density at radius 1 is 1.03 bits per heavy atom. The topological polar surface area (TPSA) is 71.0 Å². The van der Waals surface area contributed by atoms with Crippen molar-refractivity contribution in [1.82, 2.24) is 10.4 Å². The molecule has 2 rings (SSSR count). The molecule has 0 saturated carbocycles. The average molecular weight is 505 g/mol. The summed E-state index contributed by atoms with van der Waals surface area (Å²) in [7, 11) is 0. The van der Waals surface area contributed by atoms with Crippen LogP contribution in [0.2, 0.25) is 0 Å². The highest BCUT2D eigenvalue weighted by molar-refractivity contribution is 5.68. The Balaban J connectivity index is 1.80. The zero-order chi connectivity index (χ0) is 26.2. The molecular formula is C30H52N2O4. The first-order chi connectivity index (χ1) is 17.3. The second-order valence-corrected chi connectivity index (χ2v) is 11.4. The van der Waals surface area contributed by atoms with E-state index in [9.17, 15) is 9.90 Å². The second-order valence-electron chi connectivity index (χ2n) is 11.4. The molecule has 206 valence electrons. The Morgan fingerprint density at radius 2 is 1.61 bits per heavy atom. The number of rotatable bonds is 17. The van der Waals surface area contributed by atoms with Crippen molar-refractivity contribution in [3.05, 3.63) is 35.9 Å². The maximum absolute atomic E-state index is 12.3. The highest BCUT2D eigenvalue weighted by Gasteiger charge is 2.38. The van der Waals surface area contributed by atoms with Gasteiger partial charge in [0.15, 0.2) is 0 Å². The Labute approximate surface area is 220 Å². The first-order valence-corrected chi connectivity index (χ1v) is 14.4. The van der Waals surface area contributed by atoms with Crippen LogP contribution in [0.25, 0.3) is 0 Å². The van der Waals surface area contributed by atoms with Gasteiger partial charge in [0.2, 0.25) is 0 Å². The number of amides is 1. The third-order valence-electron chi connectivity index (χ3n) is 6.85. The van der Waals surface area contributed by atoms with Crippen molar-refractivity contribution in [3.8, 4) is 0 Å². The van der Waals surface area contributed by atoms with E-state index in [1.165, 1.54) is 76.2 Å².